The van der Waals surface area contributed by atoms with Crippen molar-refractivity contribution in [2.45, 2.75) is 32.7 Å². The molecule has 0 bridgehead atoms. The van der Waals surface area contributed by atoms with E-state index in [1.807, 2.05) is 24.3 Å². The van der Waals surface area contributed by atoms with E-state index in [9.17, 15) is 4.79 Å². The number of carbonyl (C=O) groups is 1. The molecule has 1 amide bonds. The lowest BCUT2D eigenvalue weighted by molar-refractivity contribution is -0.120. The molecule has 0 aliphatic carbocycles. The van der Waals surface area contributed by atoms with Crippen LogP contribution in [0, 0.1) is 0 Å². The second-order valence-electron chi connectivity index (χ2n) is 4.60. The first-order valence-electron chi connectivity index (χ1n) is 6.79. The molecule has 0 radical (unpaired) electrons. The van der Waals surface area contributed by atoms with Gasteiger partial charge in [0.25, 0.3) is 0 Å². The summed E-state index contributed by atoms with van der Waals surface area (Å²) >= 11 is 0. The lowest BCUT2D eigenvalue weighted by atomic mass is 10.1. The summed E-state index contributed by atoms with van der Waals surface area (Å²) in [5.41, 5.74) is 1.11. The quantitative estimate of drug-likeness (QED) is 0.752. The SMILES string of the molecule is CCC(C)NCC(=O)NCCc1ccccc1OC. The average molecular weight is 264 g/mol. The van der Waals surface area contributed by atoms with E-state index in [4.69, 9.17) is 4.74 Å². The van der Waals surface area contributed by atoms with Crippen molar-refractivity contribution >= 4 is 5.91 Å². The molecule has 0 aromatic heterocycles. The van der Waals surface area contributed by atoms with Crippen LogP contribution in [0.2, 0.25) is 0 Å². The van der Waals surface area contributed by atoms with Crippen molar-refractivity contribution in [3.05, 3.63) is 29.8 Å². The highest BCUT2D eigenvalue weighted by Crippen LogP contribution is 2.17. The van der Waals surface area contributed by atoms with Crippen LogP contribution in [0.5, 0.6) is 5.75 Å². The molecule has 2 N–H and O–H groups in total. The van der Waals surface area contributed by atoms with Gasteiger partial charge in [-0.15, -0.1) is 0 Å². The highest BCUT2D eigenvalue weighted by atomic mass is 16.5. The fourth-order valence-electron chi connectivity index (χ4n) is 1.72. The number of ether oxygens (including phenoxy) is 1. The van der Waals surface area contributed by atoms with Crippen LogP contribution in [-0.4, -0.2) is 32.1 Å². The van der Waals surface area contributed by atoms with Gasteiger partial charge in [0.2, 0.25) is 5.91 Å². The molecule has 0 spiro atoms. The summed E-state index contributed by atoms with van der Waals surface area (Å²) in [6.07, 6.45) is 1.80. The van der Waals surface area contributed by atoms with Crippen LogP contribution >= 0.6 is 0 Å². The standard InChI is InChI=1S/C15H24N2O2/c1-4-12(2)17-11-15(18)16-10-9-13-7-5-6-8-14(13)19-3/h5-8,12,17H,4,9-11H2,1-3H3,(H,16,18). The molecule has 0 heterocycles. The number of hydrogen-bond acceptors (Lipinski definition) is 3. The minimum atomic E-state index is 0.0372. The van der Waals surface area contributed by atoms with Crippen LogP contribution in [-0.2, 0) is 11.2 Å². The summed E-state index contributed by atoms with van der Waals surface area (Å²) in [6.45, 7) is 5.17. The average Bonchev–Trinajstić information content (AvgIpc) is 2.45. The van der Waals surface area contributed by atoms with E-state index in [1.165, 1.54) is 0 Å². The predicted octanol–water partition coefficient (Wildman–Crippen LogP) is 1.74. The Morgan fingerprint density at radius 2 is 2.11 bits per heavy atom. The van der Waals surface area contributed by atoms with E-state index < -0.39 is 0 Å². The van der Waals surface area contributed by atoms with Crippen molar-refractivity contribution in [3.8, 4) is 5.75 Å². The largest absolute Gasteiger partial charge is 0.496 e. The molecular weight excluding hydrogens is 240 g/mol. The van der Waals surface area contributed by atoms with E-state index in [0.717, 1.165) is 24.2 Å². The van der Waals surface area contributed by atoms with Gasteiger partial charge in [-0.25, -0.2) is 0 Å². The van der Waals surface area contributed by atoms with Crippen molar-refractivity contribution in [1.82, 2.24) is 10.6 Å². The second-order valence-corrected chi connectivity index (χ2v) is 4.60. The Labute approximate surface area is 115 Å². The zero-order valence-corrected chi connectivity index (χ0v) is 12.0. The van der Waals surface area contributed by atoms with Gasteiger partial charge < -0.3 is 15.4 Å². The Morgan fingerprint density at radius 3 is 2.79 bits per heavy atom. The fraction of sp³-hybridized carbons (Fsp3) is 0.533. The third-order valence-electron chi connectivity index (χ3n) is 3.13. The van der Waals surface area contributed by atoms with Crippen molar-refractivity contribution in [2.75, 3.05) is 20.2 Å². The molecule has 4 nitrogen and oxygen atoms in total. The topological polar surface area (TPSA) is 50.4 Å². The molecule has 0 aliphatic heterocycles. The maximum absolute atomic E-state index is 11.6. The molecule has 19 heavy (non-hydrogen) atoms. The van der Waals surface area contributed by atoms with Gasteiger partial charge in [-0.05, 0) is 31.4 Å². The Hall–Kier alpha value is -1.55. The number of benzene rings is 1. The maximum Gasteiger partial charge on any atom is 0.233 e. The summed E-state index contributed by atoms with van der Waals surface area (Å²) < 4.78 is 5.27. The van der Waals surface area contributed by atoms with E-state index in [2.05, 4.69) is 24.5 Å². The Kier molecular flexibility index (Phi) is 6.97. The Bertz CT molecular complexity index is 393. The molecule has 0 saturated heterocycles. The molecule has 1 rings (SSSR count). The van der Waals surface area contributed by atoms with Gasteiger partial charge in [0, 0.05) is 12.6 Å². The van der Waals surface area contributed by atoms with Gasteiger partial charge in [0.15, 0.2) is 0 Å². The number of hydrogen-bond donors (Lipinski definition) is 2. The zero-order chi connectivity index (χ0) is 14.1. The number of rotatable bonds is 8. The number of carbonyl (C=O) groups excluding carboxylic acids is 1. The minimum absolute atomic E-state index is 0.0372. The summed E-state index contributed by atoms with van der Waals surface area (Å²) in [6, 6.07) is 8.24. The third-order valence-corrected chi connectivity index (χ3v) is 3.13. The van der Waals surface area contributed by atoms with Gasteiger partial charge in [-0.3, -0.25) is 4.79 Å². The first-order valence-corrected chi connectivity index (χ1v) is 6.79. The van der Waals surface area contributed by atoms with Crippen molar-refractivity contribution in [2.24, 2.45) is 0 Å². The van der Waals surface area contributed by atoms with Crippen LogP contribution in [0.3, 0.4) is 0 Å². The fourth-order valence-corrected chi connectivity index (χ4v) is 1.72. The monoisotopic (exact) mass is 264 g/mol. The molecule has 1 aromatic rings. The molecule has 0 fully saturated rings. The van der Waals surface area contributed by atoms with Crippen molar-refractivity contribution in [1.29, 1.82) is 0 Å². The van der Waals surface area contributed by atoms with Crippen LogP contribution < -0.4 is 15.4 Å². The number of nitrogens with one attached hydrogen (secondary N) is 2. The molecule has 4 heteroatoms. The van der Waals surface area contributed by atoms with Crippen LogP contribution in [0.1, 0.15) is 25.8 Å². The molecule has 1 aromatic carbocycles. The van der Waals surface area contributed by atoms with E-state index >= 15 is 0 Å². The Morgan fingerprint density at radius 1 is 1.37 bits per heavy atom. The van der Waals surface area contributed by atoms with Crippen LogP contribution in [0.4, 0.5) is 0 Å². The maximum atomic E-state index is 11.6. The molecule has 0 saturated carbocycles. The van der Waals surface area contributed by atoms with Gasteiger partial charge in [-0.2, -0.15) is 0 Å². The lowest BCUT2D eigenvalue weighted by Crippen LogP contribution is -2.38. The van der Waals surface area contributed by atoms with Gasteiger partial charge in [0.1, 0.15) is 5.75 Å². The molecular formula is C15H24N2O2. The molecule has 1 atom stereocenters. The number of para-hydroxylation sites is 1. The lowest BCUT2D eigenvalue weighted by Gasteiger charge is -2.12. The zero-order valence-electron chi connectivity index (χ0n) is 12.0. The predicted molar refractivity (Wildman–Crippen MR) is 77.5 cm³/mol. The third kappa shape index (κ3) is 5.75. The van der Waals surface area contributed by atoms with Crippen molar-refractivity contribution < 1.29 is 9.53 Å². The first-order chi connectivity index (χ1) is 9.17. The normalized spacial score (nSPS) is 11.9. The first kappa shape index (κ1) is 15.5. The smallest absolute Gasteiger partial charge is 0.233 e. The van der Waals surface area contributed by atoms with E-state index in [-0.39, 0.29) is 5.91 Å². The molecule has 0 aliphatic rings. The van der Waals surface area contributed by atoms with E-state index in [0.29, 0.717) is 19.1 Å². The van der Waals surface area contributed by atoms with Gasteiger partial charge >= 0.3 is 0 Å². The minimum Gasteiger partial charge on any atom is -0.496 e. The highest BCUT2D eigenvalue weighted by molar-refractivity contribution is 5.78. The second kappa shape index (κ2) is 8.53. The summed E-state index contributed by atoms with van der Waals surface area (Å²) in [5.74, 6) is 0.907. The van der Waals surface area contributed by atoms with E-state index in [1.54, 1.807) is 7.11 Å². The number of amides is 1. The highest BCUT2D eigenvalue weighted by Gasteiger charge is 2.05. The Balaban J connectivity index is 2.28. The van der Waals surface area contributed by atoms with Crippen LogP contribution in [0.15, 0.2) is 24.3 Å². The summed E-state index contributed by atoms with van der Waals surface area (Å²) in [4.78, 5) is 11.6. The molecule has 106 valence electrons. The van der Waals surface area contributed by atoms with Gasteiger partial charge in [-0.1, -0.05) is 25.1 Å². The van der Waals surface area contributed by atoms with Crippen LogP contribution in [0.25, 0.3) is 0 Å². The van der Waals surface area contributed by atoms with Gasteiger partial charge in [0.05, 0.1) is 13.7 Å². The molecule has 1 unspecified atom stereocenters. The summed E-state index contributed by atoms with van der Waals surface area (Å²) in [5, 5.41) is 6.07. The number of methoxy groups -OCH3 is 1. The van der Waals surface area contributed by atoms with Crippen molar-refractivity contribution in [3.63, 3.8) is 0 Å². The summed E-state index contributed by atoms with van der Waals surface area (Å²) in [7, 11) is 1.66.